The minimum Gasteiger partial charge on any atom is -0.309 e. The predicted molar refractivity (Wildman–Crippen MR) is 83.7 cm³/mol. The second-order valence-electron chi connectivity index (χ2n) is 4.19. The molecule has 0 bridgehead atoms. The van der Waals surface area contributed by atoms with Gasteiger partial charge in [-0.1, -0.05) is 6.92 Å². The maximum atomic E-state index is 4.54. The van der Waals surface area contributed by atoms with Crippen LogP contribution < -0.4 is 5.32 Å². The highest BCUT2D eigenvalue weighted by Gasteiger charge is 2.18. The topological polar surface area (TPSA) is 24.9 Å². The fourth-order valence-electron chi connectivity index (χ4n) is 2.03. The molecule has 98 valence electrons. The minimum atomic E-state index is 0.371. The largest absolute Gasteiger partial charge is 0.309 e. The molecular formula is C13H17BrN2S2. The number of aryl methyl sites for hydroxylation is 2. The van der Waals surface area contributed by atoms with Gasteiger partial charge in [0, 0.05) is 26.7 Å². The van der Waals surface area contributed by atoms with E-state index in [1.54, 1.807) is 11.3 Å². The van der Waals surface area contributed by atoms with Gasteiger partial charge in [-0.05, 0) is 47.8 Å². The average molecular weight is 345 g/mol. The van der Waals surface area contributed by atoms with Crippen LogP contribution in [0.25, 0.3) is 0 Å². The van der Waals surface area contributed by atoms with Crippen molar-refractivity contribution >= 4 is 38.6 Å². The highest BCUT2D eigenvalue weighted by molar-refractivity contribution is 9.10. The van der Waals surface area contributed by atoms with Crippen molar-refractivity contribution in [1.82, 2.24) is 10.3 Å². The molecule has 0 aromatic carbocycles. The van der Waals surface area contributed by atoms with Crippen molar-refractivity contribution in [1.29, 1.82) is 0 Å². The van der Waals surface area contributed by atoms with Crippen LogP contribution >= 0.6 is 38.6 Å². The van der Waals surface area contributed by atoms with Crippen LogP contribution in [0.3, 0.4) is 0 Å². The van der Waals surface area contributed by atoms with E-state index in [0.29, 0.717) is 6.04 Å². The quantitative estimate of drug-likeness (QED) is 0.864. The molecule has 2 nitrogen and oxygen atoms in total. The molecule has 0 amide bonds. The Morgan fingerprint density at radius 3 is 2.72 bits per heavy atom. The molecule has 0 radical (unpaired) electrons. The van der Waals surface area contributed by atoms with Gasteiger partial charge < -0.3 is 5.32 Å². The van der Waals surface area contributed by atoms with Gasteiger partial charge in [0.15, 0.2) is 0 Å². The molecule has 1 unspecified atom stereocenters. The Labute approximate surface area is 125 Å². The molecule has 0 fully saturated rings. The molecule has 1 N–H and O–H groups in total. The normalized spacial score (nSPS) is 12.9. The third-order valence-corrected chi connectivity index (χ3v) is 5.92. The lowest BCUT2D eigenvalue weighted by atomic mass is 10.1. The van der Waals surface area contributed by atoms with E-state index in [0.717, 1.165) is 23.7 Å². The molecule has 5 heteroatoms. The van der Waals surface area contributed by atoms with Crippen LogP contribution in [0, 0.1) is 13.8 Å². The van der Waals surface area contributed by atoms with Crippen molar-refractivity contribution < 1.29 is 0 Å². The highest BCUT2D eigenvalue weighted by Crippen LogP contribution is 2.32. The number of nitrogens with zero attached hydrogens (tertiary/aromatic N) is 1. The zero-order valence-corrected chi connectivity index (χ0v) is 14.0. The van der Waals surface area contributed by atoms with Gasteiger partial charge in [0.2, 0.25) is 0 Å². The van der Waals surface area contributed by atoms with Gasteiger partial charge in [-0.2, -0.15) is 0 Å². The molecule has 0 aliphatic rings. The molecule has 0 saturated heterocycles. The van der Waals surface area contributed by atoms with Gasteiger partial charge in [-0.15, -0.1) is 22.7 Å². The number of thiophene rings is 1. The molecule has 2 rings (SSSR count). The Morgan fingerprint density at radius 1 is 1.44 bits per heavy atom. The maximum absolute atomic E-state index is 4.54. The van der Waals surface area contributed by atoms with Gasteiger partial charge in [0.25, 0.3) is 0 Å². The van der Waals surface area contributed by atoms with Crippen LogP contribution in [0.5, 0.6) is 0 Å². The Morgan fingerprint density at radius 2 is 2.22 bits per heavy atom. The number of halogens is 1. The number of hydrogen-bond donors (Lipinski definition) is 1. The van der Waals surface area contributed by atoms with Crippen LogP contribution in [0.1, 0.15) is 33.4 Å². The molecule has 0 aliphatic heterocycles. The van der Waals surface area contributed by atoms with Crippen molar-refractivity contribution in [3.05, 3.63) is 36.4 Å². The van der Waals surface area contributed by atoms with E-state index in [9.17, 15) is 0 Å². The van der Waals surface area contributed by atoms with Crippen molar-refractivity contribution in [2.75, 3.05) is 6.54 Å². The molecule has 1 atom stereocenters. The molecule has 2 heterocycles. The highest BCUT2D eigenvalue weighted by atomic mass is 79.9. The second-order valence-corrected chi connectivity index (χ2v) is 7.28. The number of thiazole rings is 1. The Bertz CT molecular complexity index is 519. The Balaban J connectivity index is 2.23. The van der Waals surface area contributed by atoms with Crippen molar-refractivity contribution in [3.63, 3.8) is 0 Å². The molecule has 0 aliphatic carbocycles. The summed E-state index contributed by atoms with van der Waals surface area (Å²) in [6.45, 7) is 7.31. The summed E-state index contributed by atoms with van der Waals surface area (Å²) >= 11 is 7.23. The molecule has 0 saturated carbocycles. The number of likely N-dealkylation sites (N-methyl/N-ethyl adjacent to an activating group) is 1. The molecule has 0 spiro atoms. The third-order valence-electron chi connectivity index (χ3n) is 2.79. The first-order valence-corrected chi connectivity index (χ1v) is 8.50. The maximum Gasteiger partial charge on any atom is 0.0900 e. The van der Waals surface area contributed by atoms with Gasteiger partial charge in [-0.25, -0.2) is 4.98 Å². The number of aromatic nitrogens is 1. The summed E-state index contributed by atoms with van der Waals surface area (Å²) in [4.78, 5) is 7.30. The summed E-state index contributed by atoms with van der Waals surface area (Å²) < 4.78 is 1.22. The summed E-state index contributed by atoms with van der Waals surface area (Å²) in [5.74, 6) is 0. The Hall–Kier alpha value is -0.230. The zero-order valence-electron chi connectivity index (χ0n) is 10.8. The average Bonchev–Trinajstić information content (AvgIpc) is 2.85. The summed E-state index contributed by atoms with van der Waals surface area (Å²) in [5, 5.41) is 6.86. The Kier molecular flexibility index (Phi) is 4.95. The third kappa shape index (κ3) is 3.20. The van der Waals surface area contributed by atoms with Crippen molar-refractivity contribution in [2.24, 2.45) is 0 Å². The number of hydrogen-bond acceptors (Lipinski definition) is 4. The van der Waals surface area contributed by atoms with Gasteiger partial charge >= 0.3 is 0 Å². The summed E-state index contributed by atoms with van der Waals surface area (Å²) in [7, 11) is 0. The summed E-state index contributed by atoms with van der Waals surface area (Å²) in [5.41, 5.74) is 1.16. The summed E-state index contributed by atoms with van der Waals surface area (Å²) in [6, 6.07) is 2.49. The van der Waals surface area contributed by atoms with Crippen molar-refractivity contribution in [3.8, 4) is 0 Å². The van der Waals surface area contributed by atoms with Gasteiger partial charge in [0.1, 0.15) is 0 Å². The lowest BCUT2D eigenvalue weighted by Gasteiger charge is -2.16. The van der Waals surface area contributed by atoms with Gasteiger partial charge in [0.05, 0.1) is 10.7 Å². The van der Waals surface area contributed by atoms with Crippen LogP contribution in [0.2, 0.25) is 0 Å². The fraction of sp³-hybridized carbons (Fsp3) is 0.462. The first kappa shape index (κ1) is 14.2. The number of rotatable bonds is 5. The van der Waals surface area contributed by atoms with Crippen molar-refractivity contribution in [2.45, 2.75) is 33.2 Å². The smallest absolute Gasteiger partial charge is 0.0900 e. The fourth-order valence-corrected chi connectivity index (χ4v) is 4.59. The standard InChI is InChI=1S/C13H17BrN2S2/c1-4-15-11(7-12-10(14)5-6-17-12)13-8(2)16-9(3)18-13/h5-6,11,15H,4,7H2,1-3H3. The van der Waals surface area contributed by atoms with E-state index < -0.39 is 0 Å². The minimum absolute atomic E-state index is 0.371. The lowest BCUT2D eigenvalue weighted by molar-refractivity contribution is 0.557. The van der Waals surface area contributed by atoms with Crippen LogP contribution in [0.4, 0.5) is 0 Å². The van der Waals surface area contributed by atoms with E-state index in [1.807, 2.05) is 11.3 Å². The molecular weight excluding hydrogens is 328 g/mol. The monoisotopic (exact) mass is 344 g/mol. The van der Waals surface area contributed by atoms with E-state index >= 15 is 0 Å². The molecule has 2 aromatic heterocycles. The number of nitrogens with one attached hydrogen (secondary N) is 1. The van der Waals surface area contributed by atoms with E-state index in [-0.39, 0.29) is 0 Å². The predicted octanol–water partition coefficient (Wildman–Crippen LogP) is 4.48. The molecule has 2 aromatic rings. The van der Waals surface area contributed by atoms with Crippen LogP contribution in [-0.2, 0) is 6.42 Å². The molecule has 18 heavy (non-hydrogen) atoms. The van der Waals surface area contributed by atoms with E-state index in [4.69, 9.17) is 0 Å². The van der Waals surface area contributed by atoms with Gasteiger partial charge in [-0.3, -0.25) is 0 Å². The van der Waals surface area contributed by atoms with Crippen LogP contribution in [0.15, 0.2) is 15.9 Å². The zero-order chi connectivity index (χ0) is 13.1. The second kappa shape index (κ2) is 6.28. The van der Waals surface area contributed by atoms with Crippen LogP contribution in [-0.4, -0.2) is 11.5 Å². The first-order chi connectivity index (χ1) is 8.61. The van der Waals surface area contributed by atoms with E-state index in [2.05, 4.69) is 58.4 Å². The lowest BCUT2D eigenvalue weighted by Crippen LogP contribution is -2.22. The summed E-state index contributed by atoms with van der Waals surface area (Å²) in [6.07, 6.45) is 1.02. The SMILES string of the molecule is CCNC(Cc1sccc1Br)c1sc(C)nc1C. The first-order valence-electron chi connectivity index (χ1n) is 6.01. The van der Waals surface area contributed by atoms with E-state index in [1.165, 1.54) is 14.2 Å².